The van der Waals surface area contributed by atoms with Crippen LogP contribution in [-0.4, -0.2) is 27.0 Å². The third-order valence-corrected chi connectivity index (χ3v) is 5.03. The molecule has 30 heavy (non-hydrogen) atoms. The maximum absolute atomic E-state index is 12.7. The molecule has 0 radical (unpaired) electrons. The van der Waals surface area contributed by atoms with Gasteiger partial charge in [0.25, 0.3) is 5.91 Å². The number of carbonyl (C=O) groups is 1. The summed E-state index contributed by atoms with van der Waals surface area (Å²) in [6.07, 6.45) is 6.27. The van der Waals surface area contributed by atoms with Gasteiger partial charge in [-0.15, -0.1) is 0 Å². The highest BCUT2D eigenvalue weighted by Crippen LogP contribution is 2.25. The summed E-state index contributed by atoms with van der Waals surface area (Å²) in [5.74, 6) is 0.928. The fourth-order valence-electron chi connectivity index (χ4n) is 3.45. The number of nitrogens with one attached hydrogen (secondary N) is 1. The molecule has 1 fully saturated rings. The van der Waals surface area contributed by atoms with E-state index < -0.39 is 0 Å². The van der Waals surface area contributed by atoms with Crippen LogP contribution in [0.15, 0.2) is 48.7 Å². The van der Waals surface area contributed by atoms with Crippen molar-refractivity contribution in [3.05, 3.63) is 65.6 Å². The molecule has 0 aliphatic heterocycles. The molecule has 1 amide bonds. The number of nitrogens with zero attached hydrogens (tertiary/aromatic N) is 3. The van der Waals surface area contributed by atoms with Gasteiger partial charge < -0.3 is 14.8 Å². The van der Waals surface area contributed by atoms with Crippen molar-refractivity contribution >= 4 is 11.6 Å². The van der Waals surface area contributed by atoms with Crippen LogP contribution in [0.1, 0.15) is 47.4 Å². The molecular weight excluding hydrogens is 380 g/mol. The van der Waals surface area contributed by atoms with Crippen molar-refractivity contribution in [2.24, 2.45) is 0 Å². The average Bonchev–Trinajstić information content (AvgIpc) is 3.25. The van der Waals surface area contributed by atoms with Crippen molar-refractivity contribution < 1.29 is 14.3 Å². The number of carbonyl (C=O) groups excluding carboxylic acids is 1. The van der Waals surface area contributed by atoms with Crippen LogP contribution in [0.25, 0.3) is 0 Å². The molecule has 154 valence electrons. The molecule has 1 saturated carbocycles. The Morgan fingerprint density at radius 1 is 1.00 bits per heavy atom. The van der Waals surface area contributed by atoms with E-state index in [-0.39, 0.29) is 18.0 Å². The second kappa shape index (κ2) is 8.90. The molecule has 0 spiro atoms. The molecule has 1 aliphatic rings. The number of pyridine rings is 1. The van der Waals surface area contributed by atoms with Gasteiger partial charge in [0.05, 0.1) is 22.6 Å². The average molecular weight is 404 g/mol. The summed E-state index contributed by atoms with van der Waals surface area (Å²) in [4.78, 5) is 25.7. The minimum absolute atomic E-state index is 0.233. The monoisotopic (exact) mass is 404 g/mol. The number of anilines is 1. The maximum Gasteiger partial charge on any atom is 0.322 e. The van der Waals surface area contributed by atoms with Gasteiger partial charge >= 0.3 is 6.01 Å². The van der Waals surface area contributed by atoms with Gasteiger partial charge in [0.1, 0.15) is 11.9 Å². The molecule has 0 unspecified atom stereocenters. The Balaban J connectivity index is 1.43. The summed E-state index contributed by atoms with van der Waals surface area (Å²) < 4.78 is 11.5. The first kappa shape index (κ1) is 19.8. The number of aromatic nitrogens is 3. The standard InChI is InChI=1S/C23H24N4O3/c1-15-21(16(2)26-23(25-15)30-19-8-4-3-5-9-19)27-22(28)17-12-13-20(24-14-17)29-18-10-6-7-11-18/h3-5,8-9,12-14,18H,6-7,10-11H2,1-2H3,(H,27,28). The van der Waals surface area contributed by atoms with E-state index in [0.29, 0.717) is 34.3 Å². The highest BCUT2D eigenvalue weighted by Gasteiger charge is 2.18. The van der Waals surface area contributed by atoms with Gasteiger partial charge in [-0.05, 0) is 57.7 Å². The summed E-state index contributed by atoms with van der Waals surface area (Å²) in [7, 11) is 0. The molecule has 3 aromatic rings. The molecular formula is C23H24N4O3. The molecule has 7 heteroatoms. The Morgan fingerprint density at radius 2 is 1.70 bits per heavy atom. The number of para-hydroxylation sites is 1. The molecule has 0 atom stereocenters. The van der Waals surface area contributed by atoms with E-state index in [1.807, 2.05) is 30.3 Å². The summed E-state index contributed by atoms with van der Waals surface area (Å²) in [6, 6.07) is 13.0. The van der Waals surface area contributed by atoms with Gasteiger partial charge in [-0.25, -0.2) is 4.98 Å². The Labute approximate surface area is 175 Å². The first-order valence-electron chi connectivity index (χ1n) is 10.1. The molecule has 1 N–H and O–H groups in total. The van der Waals surface area contributed by atoms with E-state index in [2.05, 4.69) is 20.3 Å². The van der Waals surface area contributed by atoms with E-state index in [9.17, 15) is 4.79 Å². The van der Waals surface area contributed by atoms with Crippen LogP contribution < -0.4 is 14.8 Å². The van der Waals surface area contributed by atoms with Crippen molar-refractivity contribution in [1.82, 2.24) is 15.0 Å². The van der Waals surface area contributed by atoms with Gasteiger partial charge in [0.2, 0.25) is 5.88 Å². The number of ether oxygens (including phenoxy) is 2. The van der Waals surface area contributed by atoms with Gasteiger partial charge in [-0.1, -0.05) is 18.2 Å². The summed E-state index contributed by atoms with van der Waals surface area (Å²) >= 11 is 0. The van der Waals surface area contributed by atoms with E-state index in [1.165, 1.54) is 19.0 Å². The minimum Gasteiger partial charge on any atom is -0.474 e. The zero-order valence-electron chi connectivity index (χ0n) is 17.1. The fraction of sp³-hybridized carbons (Fsp3) is 0.304. The number of hydrogen-bond acceptors (Lipinski definition) is 6. The van der Waals surface area contributed by atoms with Gasteiger partial charge in [0, 0.05) is 12.3 Å². The summed E-state index contributed by atoms with van der Waals surface area (Å²) in [6.45, 7) is 3.61. The summed E-state index contributed by atoms with van der Waals surface area (Å²) in [5.41, 5.74) is 2.25. The third-order valence-electron chi connectivity index (χ3n) is 5.03. The van der Waals surface area contributed by atoms with Crippen LogP contribution in [0.3, 0.4) is 0 Å². The first-order chi connectivity index (χ1) is 14.6. The van der Waals surface area contributed by atoms with Crippen LogP contribution in [0, 0.1) is 13.8 Å². The predicted molar refractivity (Wildman–Crippen MR) is 113 cm³/mol. The van der Waals surface area contributed by atoms with Gasteiger partial charge in [-0.2, -0.15) is 9.97 Å². The Bertz CT molecular complexity index is 993. The molecule has 7 nitrogen and oxygen atoms in total. The van der Waals surface area contributed by atoms with Gasteiger partial charge in [0.15, 0.2) is 0 Å². The second-order valence-electron chi connectivity index (χ2n) is 7.33. The number of aryl methyl sites for hydroxylation is 2. The van der Waals surface area contributed by atoms with Crippen LogP contribution in [0.5, 0.6) is 17.6 Å². The van der Waals surface area contributed by atoms with E-state index in [4.69, 9.17) is 9.47 Å². The largest absolute Gasteiger partial charge is 0.474 e. The Kier molecular flexibility index (Phi) is 5.88. The van der Waals surface area contributed by atoms with E-state index in [1.54, 1.807) is 26.0 Å². The number of amides is 1. The molecule has 0 saturated heterocycles. The molecule has 1 aromatic carbocycles. The smallest absolute Gasteiger partial charge is 0.322 e. The highest BCUT2D eigenvalue weighted by atomic mass is 16.5. The second-order valence-corrected chi connectivity index (χ2v) is 7.33. The topological polar surface area (TPSA) is 86.2 Å². The highest BCUT2D eigenvalue weighted by molar-refractivity contribution is 6.04. The molecule has 2 aromatic heterocycles. The van der Waals surface area contributed by atoms with Crippen LogP contribution in [0.2, 0.25) is 0 Å². The van der Waals surface area contributed by atoms with Crippen molar-refractivity contribution in [2.75, 3.05) is 5.32 Å². The lowest BCUT2D eigenvalue weighted by molar-refractivity contribution is 0.102. The zero-order valence-corrected chi connectivity index (χ0v) is 17.1. The van der Waals surface area contributed by atoms with Crippen molar-refractivity contribution in [3.8, 4) is 17.6 Å². The Morgan fingerprint density at radius 3 is 2.33 bits per heavy atom. The number of hydrogen-bond donors (Lipinski definition) is 1. The van der Waals surface area contributed by atoms with Gasteiger partial charge in [-0.3, -0.25) is 4.79 Å². The van der Waals surface area contributed by atoms with Crippen molar-refractivity contribution in [1.29, 1.82) is 0 Å². The van der Waals surface area contributed by atoms with Crippen LogP contribution >= 0.6 is 0 Å². The zero-order chi connectivity index (χ0) is 20.9. The van der Waals surface area contributed by atoms with E-state index in [0.717, 1.165) is 12.8 Å². The number of rotatable bonds is 6. The van der Waals surface area contributed by atoms with Crippen LogP contribution in [0.4, 0.5) is 5.69 Å². The van der Waals surface area contributed by atoms with Crippen LogP contribution in [-0.2, 0) is 0 Å². The maximum atomic E-state index is 12.7. The molecule has 2 heterocycles. The lowest BCUT2D eigenvalue weighted by Gasteiger charge is -2.13. The molecule has 1 aliphatic carbocycles. The third kappa shape index (κ3) is 4.74. The SMILES string of the molecule is Cc1nc(Oc2ccccc2)nc(C)c1NC(=O)c1ccc(OC2CCCC2)nc1. The lowest BCUT2D eigenvalue weighted by Crippen LogP contribution is -2.16. The predicted octanol–water partition coefficient (Wildman–Crippen LogP) is 4.85. The minimum atomic E-state index is -0.276. The fourth-order valence-corrected chi connectivity index (χ4v) is 3.45. The quantitative estimate of drug-likeness (QED) is 0.632. The Hall–Kier alpha value is -3.48. The number of benzene rings is 1. The lowest BCUT2D eigenvalue weighted by atomic mass is 10.2. The van der Waals surface area contributed by atoms with E-state index >= 15 is 0 Å². The van der Waals surface area contributed by atoms with Crippen molar-refractivity contribution in [3.63, 3.8) is 0 Å². The molecule has 4 rings (SSSR count). The molecule has 0 bridgehead atoms. The first-order valence-corrected chi connectivity index (χ1v) is 10.1. The normalized spacial score (nSPS) is 13.8. The van der Waals surface area contributed by atoms with Crippen molar-refractivity contribution in [2.45, 2.75) is 45.6 Å². The summed E-state index contributed by atoms with van der Waals surface area (Å²) in [5, 5.41) is 2.88.